The lowest BCUT2D eigenvalue weighted by atomic mass is 9.96. The Morgan fingerprint density at radius 1 is 1.33 bits per heavy atom. The van der Waals surface area contributed by atoms with E-state index in [2.05, 4.69) is 20.5 Å². The molecule has 3 rings (SSSR count). The molecule has 2 aromatic rings. The van der Waals surface area contributed by atoms with Crippen molar-refractivity contribution in [1.82, 2.24) is 20.1 Å². The first-order chi connectivity index (χ1) is 13.0. The summed E-state index contributed by atoms with van der Waals surface area (Å²) in [6, 6.07) is 4.89. The van der Waals surface area contributed by atoms with Crippen molar-refractivity contribution in [2.45, 2.75) is 39.5 Å². The number of hydrogen-bond acceptors (Lipinski definition) is 5. The SMILES string of the molecule is CCOc1ccc(C(C)=O)cc1NC(=O)N1CCC(c2n[nH]c(C)n2)CC1. The van der Waals surface area contributed by atoms with Gasteiger partial charge in [0.05, 0.1) is 12.3 Å². The maximum absolute atomic E-state index is 12.7. The van der Waals surface area contributed by atoms with E-state index in [1.807, 2.05) is 13.8 Å². The van der Waals surface area contributed by atoms with Crippen molar-refractivity contribution in [3.8, 4) is 5.75 Å². The zero-order valence-electron chi connectivity index (χ0n) is 15.9. The smallest absolute Gasteiger partial charge is 0.321 e. The summed E-state index contributed by atoms with van der Waals surface area (Å²) in [6.07, 6.45) is 1.63. The van der Waals surface area contributed by atoms with E-state index >= 15 is 0 Å². The van der Waals surface area contributed by atoms with Crippen LogP contribution in [0.25, 0.3) is 0 Å². The lowest BCUT2D eigenvalue weighted by molar-refractivity contribution is 0.101. The Morgan fingerprint density at radius 3 is 2.67 bits per heavy atom. The first-order valence-corrected chi connectivity index (χ1v) is 9.20. The highest BCUT2D eigenvalue weighted by molar-refractivity contribution is 5.98. The fourth-order valence-electron chi connectivity index (χ4n) is 3.21. The molecule has 27 heavy (non-hydrogen) atoms. The summed E-state index contributed by atoms with van der Waals surface area (Å²) in [7, 11) is 0. The van der Waals surface area contributed by atoms with Crippen molar-refractivity contribution in [2.75, 3.05) is 25.0 Å². The van der Waals surface area contributed by atoms with E-state index in [0.717, 1.165) is 24.5 Å². The third-order valence-electron chi connectivity index (χ3n) is 4.69. The second-order valence-corrected chi connectivity index (χ2v) is 6.67. The Balaban J connectivity index is 1.65. The zero-order valence-corrected chi connectivity index (χ0v) is 15.9. The topological polar surface area (TPSA) is 100 Å². The number of Topliss-reactive ketones (excluding diaryl/α,β-unsaturated/α-hetero) is 1. The number of benzene rings is 1. The highest BCUT2D eigenvalue weighted by atomic mass is 16.5. The Labute approximate surface area is 158 Å². The number of carbonyl (C=O) groups excluding carboxylic acids is 2. The van der Waals surface area contributed by atoms with Crippen molar-refractivity contribution in [1.29, 1.82) is 0 Å². The first kappa shape index (κ1) is 18.9. The summed E-state index contributed by atoms with van der Waals surface area (Å²) in [4.78, 5) is 30.5. The number of nitrogens with zero attached hydrogens (tertiary/aromatic N) is 3. The highest BCUT2D eigenvalue weighted by Crippen LogP contribution is 2.29. The molecule has 144 valence electrons. The number of ketones is 1. The quantitative estimate of drug-likeness (QED) is 0.787. The van der Waals surface area contributed by atoms with Gasteiger partial charge >= 0.3 is 6.03 Å². The molecule has 2 heterocycles. The van der Waals surface area contributed by atoms with Crippen LogP contribution in [-0.4, -0.2) is 51.6 Å². The first-order valence-electron chi connectivity index (χ1n) is 9.20. The molecular formula is C19H25N5O3. The number of amides is 2. The number of aromatic amines is 1. The molecule has 1 aliphatic heterocycles. The molecule has 2 amide bonds. The van der Waals surface area contributed by atoms with Crippen LogP contribution in [-0.2, 0) is 0 Å². The minimum absolute atomic E-state index is 0.0591. The Bertz CT molecular complexity index is 825. The monoisotopic (exact) mass is 371 g/mol. The van der Waals surface area contributed by atoms with Crippen molar-refractivity contribution in [3.05, 3.63) is 35.4 Å². The number of carbonyl (C=O) groups is 2. The standard InChI is InChI=1S/C19H25N5O3/c1-4-27-17-6-5-15(12(2)25)11-16(17)21-19(26)24-9-7-14(8-10-24)18-20-13(3)22-23-18/h5-6,11,14H,4,7-10H2,1-3H3,(H,21,26)(H,20,22,23). The second kappa shape index (κ2) is 8.20. The van der Waals surface area contributed by atoms with Gasteiger partial charge in [0.15, 0.2) is 11.6 Å². The molecule has 1 aliphatic rings. The number of H-pyrrole nitrogens is 1. The molecule has 1 fully saturated rings. The molecule has 0 atom stereocenters. The predicted octanol–water partition coefficient (Wildman–Crippen LogP) is 3.13. The van der Waals surface area contributed by atoms with E-state index in [9.17, 15) is 9.59 Å². The summed E-state index contributed by atoms with van der Waals surface area (Å²) in [5.74, 6) is 2.39. The summed E-state index contributed by atoms with van der Waals surface area (Å²) >= 11 is 0. The Morgan fingerprint density at radius 2 is 2.07 bits per heavy atom. The van der Waals surface area contributed by atoms with Gasteiger partial charge in [0, 0.05) is 24.6 Å². The normalized spacial score (nSPS) is 14.9. The summed E-state index contributed by atoms with van der Waals surface area (Å²) in [5, 5.41) is 9.99. The molecule has 1 aromatic heterocycles. The van der Waals surface area contributed by atoms with Gasteiger partial charge in [-0.25, -0.2) is 9.78 Å². The molecular weight excluding hydrogens is 346 g/mol. The van der Waals surface area contributed by atoms with Gasteiger partial charge in [-0.3, -0.25) is 9.89 Å². The van der Waals surface area contributed by atoms with Crippen LogP contribution in [0.15, 0.2) is 18.2 Å². The van der Waals surface area contributed by atoms with E-state index in [1.165, 1.54) is 6.92 Å². The number of hydrogen-bond donors (Lipinski definition) is 2. The fraction of sp³-hybridized carbons (Fsp3) is 0.474. The van der Waals surface area contributed by atoms with Crippen molar-refractivity contribution in [3.63, 3.8) is 0 Å². The number of rotatable bonds is 5. The van der Waals surface area contributed by atoms with E-state index in [4.69, 9.17) is 4.74 Å². The van der Waals surface area contributed by atoms with Gasteiger partial charge in [-0.2, -0.15) is 5.10 Å². The number of urea groups is 1. The molecule has 8 heteroatoms. The number of likely N-dealkylation sites (tertiary alicyclic amines) is 1. The van der Waals surface area contributed by atoms with Gasteiger partial charge < -0.3 is 15.0 Å². The maximum atomic E-state index is 12.7. The lowest BCUT2D eigenvalue weighted by Gasteiger charge is -2.31. The van der Waals surface area contributed by atoms with Crippen LogP contribution in [0.3, 0.4) is 0 Å². The van der Waals surface area contributed by atoms with Crippen LogP contribution < -0.4 is 10.1 Å². The number of aryl methyl sites for hydroxylation is 1. The maximum Gasteiger partial charge on any atom is 0.321 e. The lowest BCUT2D eigenvalue weighted by Crippen LogP contribution is -2.40. The van der Waals surface area contributed by atoms with Gasteiger partial charge in [-0.15, -0.1) is 0 Å². The molecule has 0 saturated carbocycles. The molecule has 1 saturated heterocycles. The highest BCUT2D eigenvalue weighted by Gasteiger charge is 2.26. The molecule has 0 unspecified atom stereocenters. The Hall–Kier alpha value is -2.90. The average molecular weight is 371 g/mol. The molecule has 2 N–H and O–H groups in total. The van der Waals surface area contributed by atoms with E-state index in [1.54, 1.807) is 23.1 Å². The number of aromatic nitrogens is 3. The number of ether oxygens (including phenoxy) is 1. The number of piperidine rings is 1. The van der Waals surface area contributed by atoms with Crippen molar-refractivity contribution >= 4 is 17.5 Å². The van der Waals surface area contributed by atoms with Gasteiger partial charge in [0.1, 0.15) is 11.6 Å². The molecule has 0 aliphatic carbocycles. The molecule has 0 radical (unpaired) electrons. The van der Waals surface area contributed by atoms with Crippen LogP contribution in [0.2, 0.25) is 0 Å². The molecule has 0 bridgehead atoms. The fourth-order valence-corrected chi connectivity index (χ4v) is 3.21. The zero-order chi connectivity index (χ0) is 19.4. The number of anilines is 1. The van der Waals surface area contributed by atoms with Crippen molar-refractivity contribution < 1.29 is 14.3 Å². The minimum atomic E-state index is -0.193. The summed E-state index contributed by atoms with van der Waals surface area (Å²) < 4.78 is 5.57. The van der Waals surface area contributed by atoms with E-state index in [-0.39, 0.29) is 17.7 Å². The second-order valence-electron chi connectivity index (χ2n) is 6.67. The van der Waals surface area contributed by atoms with Crippen LogP contribution in [0, 0.1) is 6.92 Å². The predicted molar refractivity (Wildman–Crippen MR) is 101 cm³/mol. The van der Waals surface area contributed by atoms with Crippen LogP contribution in [0.4, 0.5) is 10.5 Å². The van der Waals surface area contributed by atoms with Gasteiger partial charge in [-0.05, 0) is 51.8 Å². The molecule has 8 nitrogen and oxygen atoms in total. The third-order valence-corrected chi connectivity index (χ3v) is 4.69. The van der Waals surface area contributed by atoms with Crippen LogP contribution in [0.5, 0.6) is 5.75 Å². The van der Waals surface area contributed by atoms with Gasteiger partial charge in [-0.1, -0.05) is 0 Å². The average Bonchev–Trinajstić information content (AvgIpc) is 3.09. The Kier molecular flexibility index (Phi) is 5.73. The van der Waals surface area contributed by atoms with Crippen LogP contribution >= 0.6 is 0 Å². The van der Waals surface area contributed by atoms with Crippen molar-refractivity contribution in [2.24, 2.45) is 0 Å². The van der Waals surface area contributed by atoms with E-state index < -0.39 is 0 Å². The van der Waals surface area contributed by atoms with E-state index in [0.29, 0.717) is 36.7 Å². The van der Waals surface area contributed by atoms with Gasteiger partial charge in [0.2, 0.25) is 0 Å². The summed E-state index contributed by atoms with van der Waals surface area (Å²) in [5.41, 5.74) is 1.05. The largest absolute Gasteiger partial charge is 0.492 e. The van der Waals surface area contributed by atoms with Crippen LogP contribution in [0.1, 0.15) is 54.6 Å². The van der Waals surface area contributed by atoms with Gasteiger partial charge in [0.25, 0.3) is 0 Å². The number of nitrogens with one attached hydrogen (secondary N) is 2. The third kappa shape index (κ3) is 4.45. The minimum Gasteiger partial charge on any atom is -0.492 e. The molecule has 1 aromatic carbocycles. The molecule has 0 spiro atoms. The summed E-state index contributed by atoms with van der Waals surface area (Å²) in [6.45, 7) is 6.98.